The van der Waals surface area contributed by atoms with Gasteiger partial charge in [0, 0.05) is 25.8 Å². The molecular weight excluding hydrogens is 532 g/mol. The van der Waals surface area contributed by atoms with Crippen LogP contribution in [0.3, 0.4) is 0 Å². The third kappa shape index (κ3) is 10.1. The van der Waals surface area contributed by atoms with Crippen LogP contribution in [0.15, 0.2) is 60.9 Å². The second-order valence-electron chi connectivity index (χ2n) is 9.02. The van der Waals surface area contributed by atoms with Crippen LogP contribution in [0.5, 0.6) is 11.5 Å². The van der Waals surface area contributed by atoms with Crippen LogP contribution in [0.4, 0.5) is 26.3 Å². The summed E-state index contributed by atoms with van der Waals surface area (Å²) in [5.74, 6) is -0.117. The summed E-state index contributed by atoms with van der Waals surface area (Å²) in [6.07, 6.45) is -7.86. The van der Waals surface area contributed by atoms with E-state index in [9.17, 15) is 36.6 Å². The van der Waals surface area contributed by atoms with Gasteiger partial charge in [-0.1, -0.05) is 12.1 Å². The summed E-state index contributed by atoms with van der Waals surface area (Å²) in [6.45, 7) is 1.94. The van der Waals surface area contributed by atoms with Gasteiger partial charge in [0.05, 0.1) is 23.9 Å². The highest BCUT2D eigenvalue weighted by atomic mass is 19.4. The van der Waals surface area contributed by atoms with Gasteiger partial charge in [0.15, 0.2) is 0 Å². The number of rotatable bonds is 13. The molecule has 1 heterocycles. The van der Waals surface area contributed by atoms with Crippen LogP contribution in [0.2, 0.25) is 0 Å². The monoisotopic (exact) mass is 561 g/mol. The highest BCUT2D eigenvalue weighted by Gasteiger charge is 2.31. The second-order valence-corrected chi connectivity index (χ2v) is 9.02. The summed E-state index contributed by atoms with van der Waals surface area (Å²) in [5.41, 5.74) is -0.824. The molecule has 0 fully saturated rings. The number of alkyl halides is 6. The zero-order valence-electron chi connectivity index (χ0n) is 21.0. The first kappa shape index (κ1) is 30.3. The van der Waals surface area contributed by atoms with Gasteiger partial charge < -0.3 is 19.7 Å². The molecule has 0 unspecified atom stereocenters. The van der Waals surface area contributed by atoms with Gasteiger partial charge in [0.25, 0.3) is 0 Å². The van der Waals surface area contributed by atoms with Crippen molar-refractivity contribution in [1.29, 1.82) is 0 Å². The fourth-order valence-electron chi connectivity index (χ4n) is 3.70. The van der Waals surface area contributed by atoms with Crippen molar-refractivity contribution in [3.63, 3.8) is 0 Å². The molecule has 214 valence electrons. The smallest absolute Gasteiger partial charge is 0.416 e. The third-order valence-electron chi connectivity index (χ3n) is 5.55. The molecule has 2 aromatic carbocycles. The normalized spacial score (nSPS) is 13.9. The number of hydrogen-bond acceptors (Lipinski definition) is 6. The standard InChI is InChI=1S/C26H29F6N3O4/c1-18-12-33-35(13-18)9-8-34(14-21(36)16-38-23-6-2-4-19(10-23)25(27,28)29)15-22(37)17-39-24-7-3-5-20(11-24)26(30,31)32/h2-7,10-13,21-22,36-37H,8-9,14-17H2,1H3/t21-,22-/m0/s1. The Morgan fingerprint density at radius 3 is 1.74 bits per heavy atom. The highest BCUT2D eigenvalue weighted by molar-refractivity contribution is 5.31. The Kier molecular flexibility index (Phi) is 10.2. The Bertz CT molecular complexity index is 1120. The van der Waals surface area contributed by atoms with Gasteiger partial charge in [-0.05, 0) is 48.9 Å². The summed E-state index contributed by atoms with van der Waals surface area (Å²) in [6, 6.07) is 8.56. The van der Waals surface area contributed by atoms with E-state index in [0.717, 1.165) is 29.8 Å². The number of nitrogens with zero attached hydrogens (tertiary/aromatic N) is 3. The fraction of sp³-hybridized carbons (Fsp3) is 0.423. The molecule has 3 aromatic rings. The maximum Gasteiger partial charge on any atom is 0.416 e. The first-order valence-corrected chi connectivity index (χ1v) is 12.0. The Hall–Kier alpha value is -3.29. The molecule has 2 atom stereocenters. The van der Waals surface area contributed by atoms with Crippen LogP contribution in [-0.4, -0.2) is 69.9 Å². The molecule has 3 rings (SSSR count). The van der Waals surface area contributed by atoms with E-state index in [-0.39, 0.29) is 37.8 Å². The Balaban J connectivity index is 1.58. The number of aliphatic hydroxyl groups excluding tert-OH is 2. The first-order chi connectivity index (χ1) is 18.3. The SMILES string of the molecule is Cc1cnn(CCN(C[C@H](O)COc2cccc(C(F)(F)F)c2)C[C@H](O)COc2cccc(C(F)(F)F)c2)c1. The van der Waals surface area contributed by atoms with Gasteiger partial charge in [-0.2, -0.15) is 31.4 Å². The molecule has 0 saturated heterocycles. The van der Waals surface area contributed by atoms with Crippen molar-refractivity contribution >= 4 is 0 Å². The van der Waals surface area contributed by atoms with Gasteiger partial charge >= 0.3 is 12.4 Å². The summed E-state index contributed by atoms with van der Waals surface area (Å²) in [7, 11) is 0. The van der Waals surface area contributed by atoms with Crippen molar-refractivity contribution in [3.8, 4) is 11.5 Å². The second kappa shape index (κ2) is 13.2. The molecule has 1 aromatic heterocycles. The predicted molar refractivity (Wildman–Crippen MR) is 129 cm³/mol. The summed E-state index contributed by atoms with van der Waals surface area (Å²) >= 11 is 0. The molecule has 2 N–H and O–H groups in total. The molecule has 0 amide bonds. The predicted octanol–water partition coefficient (Wildman–Crippen LogP) is 4.41. The summed E-state index contributed by atoms with van der Waals surface area (Å²) in [4.78, 5) is 1.68. The number of halogens is 6. The third-order valence-corrected chi connectivity index (χ3v) is 5.55. The van der Waals surface area contributed by atoms with E-state index in [4.69, 9.17) is 9.47 Å². The van der Waals surface area contributed by atoms with Crippen LogP contribution >= 0.6 is 0 Å². The minimum atomic E-state index is -4.54. The van der Waals surface area contributed by atoms with Crippen LogP contribution in [0.1, 0.15) is 16.7 Å². The lowest BCUT2D eigenvalue weighted by molar-refractivity contribution is -0.138. The number of aliphatic hydroxyl groups is 2. The largest absolute Gasteiger partial charge is 0.491 e. The van der Waals surface area contributed by atoms with Gasteiger partial charge in [-0.15, -0.1) is 0 Å². The average Bonchev–Trinajstić information content (AvgIpc) is 3.29. The lowest BCUT2D eigenvalue weighted by Crippen LogP contribution is -2.43. The maximum atomic E-state index is 12.9. The van der Waals surface area contributed by atoms with Crippen molar-refractivity contribution in [2.45, 2.75) is 38.0 Å². The van der Waals surface area contributed by atoms with Gasteiger partial charge in [-0.3, -0.25) is 9.58 Å². The number of aryl methyl sites for hydroxylation is 1. The van der Waals surface area contributed by atoms with E-state index in [1.165, 1.54) is 24.3 Å². The van der Waals surface area contributed by atoms with Crippen molar-refractivity contribution in [3.05, 3.63) is 77.6 Å². The number of ether oxygens (including phenoxy) is 2. The molecule has 0 aliphatic heterocycles. The van der Waals surface area contributed by atoms with Crippen LogP contribution in [0, 0.1) is 6.92 Å². The molecule has 13 heteroatoms. The molecular formula is C26H29F6N3O4. The molecule has 7 nitrogen and oxygen atoms in total. The zero-order chi connectivity index (χ0) is 28.6. The highest BCUT2D eigenvalue weighted by Crippen LogP contribution is 2.32. The molecule has 0 bridgehead atoms. The zero-order valence-corrected chi connectivity index (χ0v) is 21.0. The minimum absolute atomic E-state index is 0.0141. The van der Waals surface area contributed by atoms with Crippen molar-refractivity contribution < 1.29 is 46.0 Å². The van der Waals surface area contributed by atoms with Gasteiger partial charge in [0.2, 0.25) is 0 Å². The van der Waals surface area contributed by atoms with E-state index < -0.39 is 35.7 Å². The Labute approximate surface area is 221 Å². The van der Waals surface area contributed by atoms with E-state index in [1.54, 1.807) is 22.0 Å². The molecule has 0 aliphatic carbocycles. The average molecular weight is 562 g/mol. The number of aromatic nitrogens is 2. The number of hydrogen-bond donors (Lipinski definition) is 2. The lowest BCUT2D eigenvalue weighted by atomic mass is 10.2. The first-order valence-electron chi connectivity index (χ1n) is 12.0. The van der Waals surface area contributed by atoms with Crippen LogP contribution in [-0.2, 0) is 18.9 Å². The van der Waals surface area contributed by atoms with Crippen molar-refractivity contribution in [2.24, 2.45) is 0 Å². The Morgan fingerprint density at radius 2 is 1.33 bits per heavy atom. The van der Waals surface area contributed by atoms with Crippen molar-refractivity contribution in [2.75, 3.05) is 32.8 Å². The van der Waals surface area contributed by atoms with Gasteiger partial charge in [-0.25, -0.2) is 0 Å². The fourth-order valence-corrected chi connectivity index (χ4v) is 3.70. The van der Waals surface area contributed by atoms with Crippen molar-refractivity contribution in [1.82, 2.24) is 14.7 Å². The lowest BCUT2D eigenvalue weighted by Gasteiger charge is -2.27. The molecule has 0 radical (unpaired) electrons. The summed E-state index contributed by atoms with van der Waals surface area (Å²) < 4.78 is 89.9. The van der Waals surface area contributed by atoms with Gasteiger partial charge in [0.1, 0.15) is 36.9 Å². The molecule has 0 saturated carbocycles. The summed E-state index contributed by atoms with van der Waals surface area (Å²) in [5, 5.41) is 25.2. The van der Waals surface area contributed by atoms with E-state index in [2.05, 4.69) is 5.10 Å². The quantitative estimate of drug-likeness (QED) is 0.301. The Morgan fingerprint density at radius 1 is 0.846 bits per heavy atom. The molecule has 0 aliphatic rings. The topological polar surface area (TPSA) is 80.0 Å². The van der Waals surface area contributed by atoms with Crippen LogP contribution in [0.25, 0.3) is 0 Å². The molecule has 0 spiro atoms. The molecule has 39 heavy (non-hydrogen) atoms. The van der Waals surface area contributed by atoms with E-state index in [1.807, 2.05) is 6.92 Å². The minimum Gasteiger partial charge on any atom is -0.491 e. The van der Waals surface area contributed by atoms with Crippen LogP contribution < -0.4 is 9.47 Å². The number of benzene rings is 2. The maximum absolute atomic E-state index is 12.9. The van der Waals surface area contributed by atoms with E-state index >= 15 is 0 Å². The van der Waals surface area contributed by atoms with E-state index in [0.29, 0.717) is 13.1 Å².